The Labute approximate surface area is 118 Å². The third kappa shape index (κ3) is 5.94. The molecule has 0 saturated heterocycles. The number of ether oxygens (including phenoxy) is 1. The highest BCUT2D eigenvalue weighted by Crippen LogP contribution is 2.24. The fraction of sp³-hybridized carbons (Fsp3) is 0.500. The number of nitrogens with one attached hydrogen (secondary N) is 1. The van der Waals surface area contributed by atoms with Gasteiger partial charge in [0.1, 0.15) is 5.75 Å². The van der Waals surface area contributed by atoms with Gasteiger partial charge in [0, 0.05) is 12.6 Å². The number of carbonyl (C=O) groups is 1. The summed E-state index contributed by atoms with van der Waals surface area (Å²) in [5, 5.41) is 12.0. The first kappa shape index (κ1) is 15.8. The Morgan fingerprint density at radius 1 is 1.53 bits per heavy atom. The number of hydrogen-bond donors (Lipinski definition) is 2. The van der Waals surface area contributed by atoms with E-state index in [0.717, 1.165) is 12.0 Å². The van der Waals surface area contributed by atoms with Crippen molar-refractivity contribution in [3.8, 4) is 5.75 Å². The van der Waals surface area contributed by atoms with E-state index >= 15 is 0 Å². The molecule has 0 bridgehead atoms. The maximum absolute atomic E-state index is 11.6. The minimum Gasteiger partial charge on any atom is -0.482 e. The number of benzene rings is 1. The van der Waals surface area contributed by atoms with E-state index in [1.807, 2.05) is 19.9 Å². The molecular formula is C14H20ClNO3. The number of aryl methyl sites for hydroxylation is 1. The summed E-state index contributed by atoms with van der Waals surface area (Å²) >= 11 is 5.97. The van der Waals surface area contributed by atoms with Crippen LogP contribution in [0.1, 0.15) is 25.3 Å². The van der Waals surface area contributed by atoms with Crippen molar-refractivity contribution >= 4 is 17.5 Å². The summed E-state index contributed by atoms with van der Waals surface area (Å²) in [6, 6.07) is 5.45. The minimum absolute atomic E-state index is 0.0243. The smallest absolute Gasteiger partial charge is 0.258 e. The van der Waals surface area contributed by atoms with Crippen LogP contribution in [0.4, 0.5) is 0 Å². The molecule has 1 rings (SSSR count). The SMILES string of the molecule is Cc1ccc(Cl)c(OCC(=O)NC(C)CCCO)c1. The summed E-state index contributed by atoms with van der Waals surface area (Å²) in [6.45, 7) is 3.90. The van der Waals surface area contributed by atoms with Crippen LogP contribution in [0.3, 0.4) is 0 Å². The van der Waals surface area contributed by atoms with Crippen LogP contribution >= 0.6 is 11.6 Å². The lowest BCUT2D eigenvalue weighted by atomic mass is 10.2. The van der Waals surface area contributed by atoms with Crippen molar-refractivity contribution in [2.45, 2.75) is 32.7 Å². The van der Waals surface area contributed by atoms with Crippen LogP contribution in [0.15, 0.2) is 18.2 Å². The van der Waals surface area contributed by atoms with Gasteiger partial charge < -0.3 is 15.2 Å². The molecule has 0 aliphatic heterocycles. The van der Waals surface area contributed by atoms with Gasteiger partial charge in [-0.25, -0.2) is 0 Å². The van der Waals surface area contributed by atoms with Crippen LogP contribution in [0, 0.1) is 6.92 Å². The zero-order valence-corrected chi connectivity index (χ0v) is 12.0. The molecule has 19 heavy (non-hydrogen) atoms. The first-order valence-corrected chi connectivity index (χ1v) is 6.70. The Bertz CT molecular complexity index is 423. The van der Waals surface area contributed by atoms with Crippen LogP contribution < -0.4 is 10.1 Å². The van der Waals surface area contributed by atoms with Crippen molar-refractivity contribution in [3.63, 3.8) is 0 Å². The zero-order valence-electron chi connectivity index (χ0n) is 11.3. The number of aliphatic hydroxyl groups is 1. The van der Waals surface area contributed by atoms with E-state index in [4.69, 9.17) is 21.4 Å². The largest absolute Gasteiger partial charge is 0.482 e. The Morgan fingerprint density at radius 3 is 2.95 bits per heavy atom. The standard InChI is InChI=1S/C14H20ClNO3/c1-10-5-6-12(15)13(8-10)19-9-14(18)16-11(2)4-3-7-17/h5-6,8,11,17H,3-4,7,9H2,1-2H3,(H,16,18). The van der Waals surface area contributed by atoms with Gasteiger partial charge in [0.15, 0.2) is 6.61 Å². The third-order valence-electron chi connectivity index (χ3n) is 2.65. The summed E-state index contributed by atoms with van der Waals surface area (Å²) < 4.78 is 5.39. The Balaban J connectivity index is 2.39. The summed E-state index contributed by atoms with van der Waals surface area (Å²) in [5.41, 5.74) is 1.02. The maximum Gasteiger partial charge on any atom is 0.258 e. The number of aliphatic hydroxyl groups excluding tert-OH is 1. The lowest BCUT2D eigenvalue weighted by molar-refractivity contribution is -0.123. The molecule has 0 saturated carbocycles. The molecule has 4 nitrogen and oxygen atoms in total. The normalized spacial score (nSPS) is 12.0. The van der Waals surface area contributed by atoms with Crippen molar-refractivity contribution < 1.29 is 14.6 Å². The number of amides is 1. The average molecular weight is 286 g/mol. The Morgan fingerprint density at radius 2 is 2.26 bits per heavy atom. The average Bonchev–Trinajstić information content (AvgIpc) is 2.37. The van der Waals surface area contributed by atoms with E-state index in [1.54, 1.807) is 12.1 Å². The molecule has 5 heteroatoms. The van der Waals surface area contributed by atoms with E-state index in [2.05, 4.69) is 5.32 Å². The quantitative estimate of drug-likeness (QED) is 0.808. The molecule has 1 atom stereocenters. The van der Waals surface area contributed by atoms with Crippen molar-refractivity contribution in [3.05, 3.63) is 28.8 Å². The van der Waals surface area contributed by atoms with E-state index in [1.165, 1.54) is 0 Å². The Hall–Kier alpha value is -1.26. The molecule has 106 valence electrons. The molecule has 0 spiro atoms. The second-order valence-electron chi connectivity index (χ2n) is 4.56. The van der Waals surface area contributed by atoms with Crippen LogP contribution in [-0.2, 0) is 4.79 Å². The van der Waals surface area contributed by atoms with Crippen LogP contribution in [0.5, 0.6) is 5.75 Å². The van der Waals surface area contributed by atoms with Gasteiger partial charge in [-0.1, -0.05) is 17.7 Å². The molecule has 0 aromatic heterocycles. The summed E-state index contributed by atoms with van der Waals surface area (Å²) in [4.78, 5) is 11.6. The molecule has 0 aliphatic carbocycles. The third-order valence-corrected chi connectivity index (χ3v) is 2.96. The maximum atomic E-state index is 11.6. The Kier molecular flexibility index (Phi) is 6.67. The van der Waals surface area contributed by atoms with Gasteiger partial charge in [-0.3, -0.25) is 4.79 Å². The highest BCUT2D eigenvalue weighted by atomic mass is 35.5. The van der Waals surface area contributed by atoms with Gasteiger partial charge in [-0.15, -0.1) is 0 Å². The minimum atomic E-state index is -0.192. The predicted octanol–water partition coefficient (Wildman–Crippen LogP) is 2.30. The highest BCUT2D eigenvalue weighted by Gasteiger charge is 2.09. The van der Waals surface area contributed by atoms with Crippen molar-refractivity contribution in [1.29, 1.82) is 0 Å². The lowest BCUT2D eigenvalue weighted by Crippen LogP contribution is -2.36. The molecule has 0 heterocycles. The number of hydrogen-bond acceptors (Lipinski definition) is 3. The van der Waals surface area contributed by atoms with Gasteiger partial charge in [0.05, 0.1) is 5.02 Å². The number of rotatable bonds is 7. The molecule has 1 amide bonds. The van der Waals surface area contributed by atoms with Gasteiger partial charge in [0.2, 0.25) is 0 Å². The van der Waals surface area contributed by atoms with E-state index in [0.29, 0.717) is 17.2 Å². The molecular weight excluding hydrogens is 266 g/mol. The molecule has 2 N–H and O–H groups in total. The lowest BCUT2D eigenvalue weighted by Gasteiger charge is -2.14. The monoisotopic (exact) mass is 285 g/mol. The second kappa shape index (κ2) is 8.02. The highest BCUT2D eigenvalue weighted by molar-refractivity contribution is 6.32. The molecule has 1 aromatic rings. The zero-order chi connectivity index (χ0) is 14.3. The van der Waals surface area contributed by atoms with Crippen molar-refractivity contribution in [1.82, 2.24) is 5.32 Å². The van der Waals surface area contributed by atoms with E-state index in [-0.39, 0.29) is 25.2 Å². The molecule has 1 aromatic carbocycles. The fourth-order valence-electron chi connectivity index (χ4n) is 1.65. The fourth-order valence-corrected chi connectivity index (χ4v) is 1.82. The van der Waals surface area contributed by atoms with Gasteiger partial charge in [-0.05, 0) is 44.4 Å². The number of halogens is 1. The first-order chi connectivity index (χ1) is 9.02. The molecule has 0 aliphatic rings. The van der Waals surface area contributed by atoms with Gasteiger partial charge >= 0.3 is 0 Å². The molecule has 1 unspecified atom stereocenters. The molecule has 0 fully saturated rings. The second-order valence-corrected chi connectivity index (χ2v) is 4.96. The van der Waals surface area contributed by atoms with Crippen molar-refractivity contribution in [2.75, 3.05) is 13.2 Å². The summed E-state index contributed by atoms with van der Waals surface area (Å²) in [5.74, 6) is 0.322. The van der Waals surface area contributed by atoms with Crippen LogP contribution in [-0.4, -0.2) is 30.3 Å². The number of carbonyl (C=O) groups excluding carboxylic acids is 1. The van der Waals surface area contributed by atoms with E-state index < -0.39 is 0 Å². The molecule has 0 radical (unpaired) electrons. The van der Waals surface area contributed by atoms with Crippen LogP contribution in [0.25, 0.3) is 0 Å². The summed E-state index contributed by atoms with van der Waals surface area (Å²) in [7, 11) is 0. The van der Waals surface area contributed by atoms with Gasteiger partial charge in [-0.2, -0.15) is 0 Å². The van der Waals surface area contributed by atoms with E-state index in [9.17, 15) is 4.79 Å². The van der Waals surface area contributed by atoms with Crippen molar-refractivity contribution in [2.24, 2.45) is 0 Å². The van der Waals surface area contributed by atoms with Gasteiger partial charge in [0.25, 0.3) is 5.91 Å². The first-order valence-electron chi connectivity index (χ1n) is 6.32. The predicted molar refractivity (Wildman–Crippen MR) is 75.6 cm³/mol. The topological polar surface area (TPSA) is 58.6 Å². The summed E-state index contributed by atoms with van der Waals surface area (Å²) in [6.07, 6.45) is 1.42. The van der Waals surface area contributed by atoms with Crippen LogP contribution in [0.2, 0.25) is 5.02 Å².